The van der Waals surface area contributed by atoms with Crippen LogP contribution in [-0.4, -0.2) is 27.3 Å². The van der Waals surface area contributed by atoms with E-state index in [-0.39, 0.29) is 0 Å². The maximum Gasteiger partial charge on any atom is 0.182 e. The number of aromatic nitrogens is 4. The zero-order valence-corrected chi connectivity index (χ0v) is 9.21. The molecule has 84 valence electrons. The summed E-state index contributed by atoms with van der Waals surface area (Å²) in [5, 5.41) is 11.5. The second-order valence-corrected chi connectivity index (χ2v) is 3.27. The van der Waals surface area contributed by atoms with E-state index in [1.165, 1.54) is 0 Å². The summed E-state index contributed by atoms with van der Waals surface area (Å²) in [4.78, 5) is 0. The fourth-order valence-electron chi connectivity index (χ4n) is 1.50. The van der Waals surface area contributed by atoms with Gasteiger partial charge in [0.2, 0.25) is 0 Å². The Balaban J connectivity index is 2.45. The maximum atomic E-state index is 5.83. The van der Waals surface area contributed by atoms with Gasteiger partial charge in [-0.05, 0) is 35.5 Å². The van der Waals surface area contributed by atoms with E-state index >= 15 is 0 Å². The molecule has 2 rings (SSSR count). The van der Waals surface area contributed by atoms with E-state index in [9.17, 15) is 0 Å². The number of hydrogen-bond acceptors (Lipinski definition) is 5. The van der Waals surface area contributed by atoms with Crippen LogP contribution in [-0.2, 0) is 6.54 Å². The minimum atomic E-state index is 0.575. The topological polar surface area (TPSA) is 78.8 Å². The van der Waals surface area contributed by atoms with E-state index in [1.807, 2.05) is 13.0 Å². The number of hydrogen-bond donors (Lipinski definition) is 1. The quantitative estimate of drug-likeness (QED) is 0.777. The third-order valence-electron chi connectivity index (χ3n) is 2.32. The third-order valence-corrected chi connectivity index (χ3v) is 2.32. The molecule has 0 aliphatic carbocycles. The molecular formula is C10H13N5O. The summed E-state index contributed by atoms with van der Waals surface area (Å²) in [7, 11) is 1.58. The summed E-state index contributed by atoms with van der Waals surface area (Å²) in [6, 6.07) is 5.49. The number of nitrogen functional groups attached to an aromatic ring is 1. The first-order chi connectivity index (χ1) is 7.76. The van der Waals surface area contributed by atoms with Crippen molar-refractivity contribution in [3.05, 3.63) is 18.2 Å². The average Bonchev–Trinajstić information content (AvgIpc) is 2.77. The summed E-state index contributed by atoms with van der Waals surface area (Å²) >= 11 is 0. The predicted octanol–water partition coefficient (Wildman–Crippen LogP) is 0.951. The molecule has 1 aromatic heterocycles. The van der Waals surface area contributed by atoms with Gasteiger partial charge in [0.05, 0.1) is 12.8 Å². The van der Waals surface area contributed by atoms with Gasteiger partial charge in [-0.2, -0.15) is 0 Å². The van der Waals surface area contributed by atoms with E-state index in [4.69, 9.17) is 10.5 Å². The number of nitrogens with zero attached hydrogens (tertiary/aromatic N) is 4. The smallest absolute Gasteiger partial charge is 0.182 e. The normalized spacial score (nSPS) is 10.4. The second-order valence-electron chi connectivity index (χ2n) is 3.27. The number of aryl methyl sites for hydroxylation is 1. The number of methoxy groups -OCH3 is 1. The van der Waals surface area contributed by atoms with Crippen LogP contribution in [0.25, 0.3) is 11.4 Å². The maximum absolute atomic E-state index is 5.83. The van der Waals surface area contributed by atoms with Crippen LogP contribution in [0.3, 0.4) is 0 Å². The van der Waals surface area contributed by atoms with Crippen molar-refractivity contribution in [2.45, 2.75) is 13.5 Å². The van der Waals surface area contributed by atoms with Gasteiger partial charge in [-0.25, -0.2) is 4.68 Å². The molecule has 0 bridgehead atoms. The van der Waals surface area contributed by atoms with Crippen molar-refractivity contribution in [3.63, 3.8) is 0 Å². The Hall–Kier alpha value is -2.11. The molecule has 0 fully saturated rings. The summed E-state index contributed by atoms with van der Waals surface area (Å²) in [5.74, 6) is 1.36. The van der Waals surface area contributed by atoms with Crippen LogP contribution >= 0.6 is 0 Å². The number of benzene rings is 1. The third kappa shape index (κ3) is 1.69. The molecule has 0 aliphatic rings. The molecule has 6 heteroatoms. The molecule has 0 spiro atoms. The second kappa shape index (κ2) is 4.18. The van der Waals surface area contributed by atoms with Crippen LogP contribution < -0.4 is 10.5 Å². The van der Waals surface area contributed by atoms with Gasteiger partial charge in [-0.15, -0.1) is 5.10 Å². The van der Waals surface area contributed by atoms with E-state index in [2.05, 4.69) is 15.5 Å². The molecule has 0 unspecified atom stereocenters. The monoisotopic (exact) mass is 219 g/mol. The summed E-state index contributed by atoms with van der Waals surface area (Å²) in [6.45, 7) is 2.70. The van der Waals surface area contributed by atoms with Crippen LogP contribution in [0.4, 0.5) is 5.69 Å². The highest BCUT2D eigenvalue weighted by Gasteiger charge is 2.09. The molecule has 0 radical (unpaired) electrons. The molecule has 0 saturated heterocycles. The van der Waals surface area contributed by atoms with Gasteiger partial charge < -0.3 is 10.5 Å². The number of nitrogens with two attached hydrogens (primary N) is 1. The van der Waals surface area contributed by atoms with E-state index < -0.39 is 0 Å². The molecule has 2 aromatic rings. The van der Waals surface area contributed by atoms with Crippen LogP contribution in [0, 0.1) is 0 Å². The molecule has 2 N–H and O–H groups in total. The van der Waals surface area contributed by atoms with E-state index in [0.29, 0.717) is 23.8 Å². The van der Waals surface area contributed by atoms with Crippen LogP contribution in [0.5, 0.6) is 5.75 Å². The van der Waals surface area contributed by atoms with Crippen LogP contribution in [0.2, 0.25) is 0 Å². The van der Waals surface area contributed by atoms with Crippen molar-refractivity contribution in [1.29, 1.82) is 0 Å². The Labute approximate surface area is 93.0 Å². The highest BCUT2D eigenvalue weighted by Crippen LogP contribution is 2.26. The lowest BCUT2D eigenvalue weighted by Crippen LogP contribution is -2.00. The van der Waals surface area contributed by atoms with Crippen molar-refractivity contribution in [2.75, 3.05) is 12.8 Å². The molecular weight excluding hydrogens is 206 g/mol. The van der Waals surface area contributed by atoms with Gasteiger partial charge >= 0.3 is 0 Å². The Morgan fingerprint density at radius 3 is 2.88 bits per heavy atom. The summed E-state index contributed by atoms with van der Waals surface area (Å²) in [5.41, 5.74) is 7.28. The molecule has 0 atom stereocenters. The Morgan fingerprint density at radius 2 is 2.25 bits per heavy atom. The Morgan fingerprint density at radius 1 is 1.44 bits per heavy atom. The van der Waals surface area contributed by atoms with Gasteiger partial charge in [0.25, 0.3) is 0 Å². The predicted molar refractivity (Wildman–Crippen MR) is 59.9 cm³/mol. The van der Waals surface area contributed by atoms with Gasteiger partial charge in [0.1, 0.15) is 5.75 Å². The van der Waals surface area contributed by atoms with Crippen LogP contribution in [0.1, 0.15) is 6.92 Å². The first-order valence-corrected chi connectivity index (χ1v) is 4.96. The Bertz CT molecular complexity index is 494. The molecule has 16 heavy (non-hydrogen) atoms. The first-order valence-electron chi connectivity index (χ1n) is 4.96. The van der Waals surface area contributed by atoms with Gasteiger partial charge in [0.15, 0.2) is 5.82 Å². The SMILES string of the molecule is CCn1nnnc1-c1ccc(OC)c(N)c1. The fourth-order valence-corrected chi connectivity index (χ4v) is 1.50. The van der Waals surface area contributed by atoms with Crippen molar-refractivity contribution < 1.29 is 4.74 Å². The van der Waals surface area contributed by atoms with E-state index in [0.717, 1.165) is 5.56 Å². The van der Waals surface area contributed by atoms with Crippen molar-refractivity contribution in [3.8, 4) is 17.1 Å². The lowest BCUT2D eigenvalue weighted by molar-refractivity contribution is 0.417. The standard InChI is InChI=1S/C10H13N5O/c1-3-15-10(12-13-14-15)7-4-5-9(16-2)8(11)6-7/h4-6H,3,11H2,1-2H3. The molecule has 1 heterocycles. The highest BCUT2D eigenvalue weighted by molar-refractivity contribution is 5.66. The highest BCUT2D eigenvalue weighted by atomic mass is 16.5. The molecule has 0 saturated carbocycles. The summed E-state index contributed by atoms with van der Waals surface area (Å²) in [6.07, 6.45) is 0. The fraction of sp³-hybridized carbons (Fsp3) is 0.300. The minimum absolute atomic E-state index is 0.575. The lowest BCUT2D eigenvalue weighted by Gasteiger charge is -2.06. The van der Waals surface area contributed by atoms with Gasteiger partial charge in [-0.1, -0.05) is 0 Å². The summed E-state index contributed by atoms with van der Waals surface area (Å²) < 4.78 is 6.80. The zero-order valence-electron chi connectivity index (χ0n) is 9.21. The Kier molecular flexibility index (Phi) is 2.72. The first kappa shape index (κ1) is 10.4. The van der Waals surface area contributed by atoms with Crippen molar-refractivity contribution in [1.82, 2.24) is 20.2 Å². The minimum Gasteiger partial charge on any atom is -0.495 e. The molecule has 1 aromatic carbocycles. The average molecular weight is 219 g/mol. The van der Waals surface area contributed by atoms with Crippen molar-refractivity contribution in [2.24, 2.45) is 0 Å². The van der Waals surface area contributed by atoms with E-state index in [1.54, 1.807) is 23.9 Å². The molecule has 0 amide bonds. The zero-order chi connectivity index (χ0) is 11.5. The number of tetrazole rings is 1. The number of rotatable bonds is 3. The number of anilines is 1. The molecule has 0 aliphatic heterocycles. The van der Waals surface area contributed by atoms with Crippen LogP contribution in [0.15, 0.2) is 18.2 Å². The van der Waals surface area contributed by atoms with Crippen molar-refractivity contribution >= 4 is 5.69 Å². The van der Waals surface area contributed by atoms with Gasteiger partial charge in [-0.3, -0.25) is 0 Å². The molecule has 6 nitrogen and oxygen atoms in total. The van der Waals surface area contributed by atoms with Gasteiger partial charge in [0, 0.05) is 12.1 Å². The lowest BCUT2D eigenvalue weighted by atomic mass is 10.2. The number of ether oxygens (including phenoxy) is 1. The largest absolute Gasteiger partial charge is 0.495 e.